The summed E-state index contributed by atoms with van der Waals surface area (Å²) in [6.07, 6.45) is 1.64. The lowest BCUT2D eigenvalue weighted by molar-refractivity contribution is -0.127. The van der Waals surface area contributed by atoms with Crippen LogP contribution < -0.4 is 5.73 Å². The molecule has 88 valence electrons. The summed E-state index contributed by atoms with van der Waals surface area (Å²) in [6, 6.07) is 7.87. The smallest absolute Gasteiger partial charge is 0.223 e. The lowest BCUT2D eigenvalue weighted by Gasteiger charge is -2.09. The van der Waals surface area contributed by atoms with Crippen molar-refractivity contribution in [1.82, 2.24) is 4.90 Å². The number of nitrogens with zero attached hydrogens (tertiary/aromatic N) is 1. The molecule has 1 heterocycles. The first kappa shape index (κ1) is 11.7. The van der Waals surface area contributed by atoms with Gasteiger partial charge in [0.05, 0.1) is 6.54 Å². The van der Waals surface area contributed by atoms with Crippen LogP contribution in [0.2, 0.25) is 0 Å². The predicted octanol–water partition coefficient (Wildman–Crippen LogP) is 1.12. The zero-order chi connectivity index (χ0) is 12.1. The van der Waals surface area contributed by atoms with Crippen LogP contribution in [0.1, 0.15) is 24.0 Å². The number of rotatable bonds is 2. The summed E-state index contributed by atoms with van der Waals surface area (Å²) in [4.78, 5) is 13.2. The van der Waals surface area contributed by atoms with Crippen molar-refractivity contribution in [2.45, 2.75) is 19.4 Å². The van der Waals surface area contributed by atoms with Gasteiger partial charge in [0.15, 0.2) is 0 Å². The number of hydrogen-bond acceptors (Lipinski definition) is 2. The molecule has 0 saturated carbocycles. The maximum absolute atomic E-state index is 11.3. The Hall–Kier alpha value is -1.79. The molecule has 1 aliphatic rings. The molecule has 0 bridgehead atoms. The quantitative estimate of drug-likeness (QED) is 0.771. The van der Waals surface area contributed by atoms with Gasteiger partial charge in [-0.05, 0) is 24.1 Å². The number of amides is 1. The first-order valence-corrected chi connectivity index (χ1v) is 5.85. The number of hydrogen-bond donors (Lipinski definition) is 1. The van der Waals surface area contributed by atoms with Crippen LogP contribution in [0.25, 0.3) is 0 Å². The summed E-state index contributed by atoms with van der Waals surface area (Å²) in [5.74, 6) is 6.31. The van der Waals surface area contributed by atoms with Crippen molar-refractivity contribution < 1.29 is 4.79 Å². The molecule has 3 nitrogen and oxygen atoms in total. The second kappa shape index (κ2) is 5.51. The van der Waals surface area contributed by atoms with Crippen molar-refractivity contribution in [3.63, 3.8) is 0 Å². The molecule has 1 fully saturated rings. The minimum Gasteiger partial charge on any atom is -0.332 e. The first-order valence-electron chi connectivity index (χ1n) is 5.85. The molecular formula is C14H16N2O. The molecule has 0 atom stereocenters. The summed E-state index contributed by atoms with van der Waals surface area (Å²) in [5, 5.41) is 0. The molecule has 0 unspecified atom stereocenters. The van der Waals surface area contributed by atoms with Gasteiger partial charge in [-0.2, -0.15) is 0 Å². The molecule has 0 aromatic heterocycles. The van der Waals surface area contributed by atoms with Crippen LogP contribution in [0.4, 0.5) is 0 Å². The highest BCUT2D eigenvalue weighted by Crippen LogP contribution is 2.08. The van der Waals surface area contributed by atoms with E-state index in [9.17, 15) is 4.79 Å². The fourth-order valence-corrected chi connectivity index (χ4v) is 1.83. The van der Waals surface area contributed by atoms with Crippen LogP contribution in [-0.2, 0) is 11.3 Å². The van der Waals surface area contributed by atoms with E-state index in [0.717, 1.165) is 24.1 Å². The van der Waals surface area contributed by atoms with Crippen LogP contribution >= 0.6 is 0 Å². The molecule has 1 aliphatic heterocycles. The van der Waals surface area contributed by atoms with E-state index in [1.807, 2.05) is 24.3 Å². The Bertz CT molecular complexity index is 453. The number of likely N-dealkylation sites (tertiary alicyclic amines) is 1. The monoisotopic (exact) mass is 228 g/mol. The average molecular weight is 228 g/mol. The Kier molecular flexibility index (Phi) is 3.79. The van der Waals surface area contributed by atoms with Crippen molar-refractivity contribution in [3.05, 3.63) is 35.4 Å². The molecule has 1 amide bonds. The fourth-order valence-electron chi connectivity index (χ4n) is 1.83. The van der Waals surface area contributed by atoms with Gasteiger partial charge < -0.3 is 10.6 Å². The van der Waals surface area contributed by atoms with Crippen LogP contribution in [-0.4, -0.2) is 23.9 Å². The highest BCUT2D eigenvalue weighted by atomic mass is 16.2. The Labute approximate surface area is 102 Å². The second-order valence-electron chi connectivity index (χ2n) is 4.12. The molecule has 1 aromatic carbocycles. The van der Waals surface area contributed by atoms with Crippen molar-refractivity contribution >= 4 is 5.91 Å². The number of nitrogens with two attached hydrogens (primary N) is 1. The largest absolute Gasteiger partial charge is 0.332 e. The highest BCUT2D eigenvalue weighted by molar-refractivity contribution is 5.78. The van der Waals surface area contributed by atoms with Gasteiger partial charge in [-0.25, -0.2) is 0 Å². The summed E-state index contributed by atoms with van der Waals surface area (Å²) >= 11 is 0. The molecular weight excluding hydrogens is 212 g/mol. The van der Waals surface area contributed by atoms with Crippen LogP contribution in [0.3, 0.4) is 0 Å². The van der Waals surface area contributed by atoms with E-state index in [-0.39, 0.29) is 5.91 Å². The van der Waals surface area contributed by atoms with Crippen LogP contribution in [0.5, 0.6) is 0 Å². The summed E-state index contributed by atoms with van der Waals surface area (Å²) < 4.78 is 0. The van der Waals surface area contributed by atoms with Gasteiger partial charge in [-0.3, -0.25) is 4.79 Å². The third-order valence-corrected chi connectivity index (χ3v) is 2.86. The molecule has 2 N–H and O–H groups in total. The normalized spacial score (nSPS) is 14.6. The van der Waals surface area contributed by atoms with Gasteiger partial charge in [0.2, 0.25) is 5.91 Å². The third kappa shape index (κ3) is 3.08. The van der Waals surface area contributed by atoms with E-state index in [1.54, 1.807) is 4.90 Å². The van der Waals surface area contributed by atoms with Gasteiger partial charge in [0, 0.05) is 25.1 Å². The average Bonchev–Trinajstić information content (AvgIpc) is 2.76. The van der Waals surface area contributed by atoms with Gasteiger partial charge in [0.1, 0.15) is 0 Å². The van der Waals surface area contributed by atoms with Crippen molar-refractivity contribution in [1.29, 1.82) is 0 Å². The zero-order valence-corrected chi connectivity index (χ0v) is 9.78. The summed E-state index contributed by atoms with van der Waals surface area (Å²) in [5.41, 5.74) is 7.59. The molecule has 3 heteroatoms. The van der Waals surface area contributed by atoms with Crippen molar-refractivity contribution in [2.24, 2.45) is 5.73 Å². The standard InChI is InChI=1S/C14H16N2O/c15-11-13-7-5-12(6-8-13)3-1-9-16-10-2-4-14(16)17/h5-8H,2,4,9-11,15H2. The Morgan fingerprint density at radius 2 is 2.06 bits per heavy atom. The Balaban J connectivity index is 1.93. The second-order valence-corrected chi connectivity index (χ2v) is 4.12. The first-order chi connectivity index (χ1) is 8.29. The number of benzene rings is 1. The maximum atomic E-state index is 11.3. The van der Waals surface area contributed by atoms with E-state index >= 15 is 0 Å². The van der Waals surface area contributed by atoms with E-state index in [1.165, 1.54) is 0 Å². The number of carbonyl (C=O) groups excluding carboxylic acids is 1. The van der Waals surface area contributed by atoms with Crippen LogP contribution in [0, 0.1) is 11.8 Å². The Morgan fingerprint density at radius 1 is 1.29 bits per heavy atom. The van der Waals surface area contributed by atoms with E-state index in [0.29, 0.717) is 19.5 Å². The van der Waals surface area contributed by atoms with Crippen molar-refractivity contribution in [3.8, 4) is 11.8 Å². The molecule has 1 saturated heterocycles. The third-order valence-electron chi connectivity index (χ3n) is 2.86. The molecule has 1 aromatic rings. The minimum atomic E-state index is 0.220. The molecule has 2 rings (SSSR count). The van der Waals surface area contributed by atoms with Crippen LogP contribution in [0.15, 0.2) is 24.3 Å². The van der Waals surface area contributed by atoms with Gasteiger partial charge in [-0.1, -0.05) is 24.0 Å². The van der Waals surface area contributed by atoms with Crippen molar-refractivity contribution in [2.75, 3.05) is 13.1 Å². The fraction of sp³-hybridized carbons (Fsp3) is 0.357. The van der Waals surface area contributed by atoms with Gasteiger partial charge in [0.25, 0.3) is 0 Å². The van der Waals surface area contributed by atoms with E-state index in [4.69, 9.17) is 5.73 Å². The van der Waals surface area contributed by atoms with E-state index in [2.05, 4.69) is 11.8 Å². The SMILES string of the molecule is NCc1ccc(C#CCN2CCCC2=O)cc1. The van der Waals surface area contributed by atoms with Gasteiger partial charge in [-0.15, -0.1) is 0 Å². The maximum Gasteiger partial charge on any atom is 0.223 e. The minimum absolute atomic E-state index is 0.220. The molecule has 17 heavy (non-hydrogen) atoms. The summed E-state index contributed by atoms with van der Waals surface area (Å²) in [6.45, 7) is 1.94. The molecule has 0 radical (unpaired) electrons. The lowest BCUT2D eigenvalue weighted by Crippen LogP contribution is -2.24. The summed E-state index contributed by atoms with van der Waals surface area (Å²) in [7, 11) is 0. The number of carbonyl (C=O) groups is 1. The molecule has 0 spiro atoms. The lowest BCUT2D eigenvalue weighted by atomic mass is 10.1. The highest BCUT2D eigenvalue weighted by Gasteiger charge is 2.18. The Morgan fingerprint density at radius 3 is 2.65 bits per heavy atom. The predicted molar refractivity (Wildman–Crippen MR) is 67.0 cm³/mol. The molecule has 0 aliphatic carbocycles. The van der Waals surface area contributed by atoms with Gasteiger partial charge >= 0.3 is 0 Å². The topological polar surface area (TPSA) is 46.3 Å². The zero-order valence-electron chi connectivity index (χ0n) is 9.78. The van der Waals surface area contributed by atoms with E-state index < -0.39 is 0 Å².